The van der Waals surface area contributed by atoms with Crippen molar-refractivity contribution in [1.29, 1.82) is 0 Å². The van der Waals surface area contributed by atoms with Crippen LogP contribution in [0.5, 0.6) is 5.75 Å². The summed E-state index contributed by atoms with van der Waals surface area (Å²) < 4.78 is 15.6. The van der Waals surface area contributed by atoms with E-state index in [4.69, 9.17) is 9.47 Å². The highest BCUT2D eigenvalue weighted by Crippen LogP contribution is 2.28. The van der Waals surface area contributed by atoms with Gasteiger partial charge in [-0.15, -0.1) is 0 Å². The van der Waals surface area contributed by atoms with Gasteiger partial charge in [0, 0.05) is 38.3 Å². The van der Waals surface area contributed by atoms with E-state index in [2.05, 4.69) is 28.8 Å². The average molecular weight is 409 g/mol. The summed E-state index contributed by atoms with van der Waals surface area (Å²) in [5, 5.41) is 13.9. The van der Waals surface area contributed by atoms with Crippen LogP contribution in [0.15, 0.2) is 18.2 Å². The van der Waals surface area contributed by atoms with Gasteiger partial charge in [0.25, 0.3) is 5.91 Å². The first-order chi connectivity index (χ1) is 13.8. The molecule has 1 atom stereocenters. The van der Waals surface area contributed by atoms with Crippen molar-refractivity contribution in [1.82, 2.24) is 10.2 Å². The van der Waals surface area contributed by atoms with Crippen LogP contribution < -0.4 is 10.1 Å². The van der Waals surface area contributed by atoms with Gasteiger partial charge < -0.3 is 19.5 Å². The van der Waals surface area contributed by atoms with Crippen LogP contribution >= 0.6 is 0 Å². The number of nitrogens with zero attached hydrogens (tertiary/aromatic N) is 2. The molecule has 29 heavy (non-hydrogen) atoms. The van der Waals surface area contributed by atoms with Crippen LogP contribution in [0.25, 0.3) is 0 Å². The van der Waals surface area contributed by atoms with Crippen LogP contribution in [-0.4, -0.2) is 74.3 Å². The number of nitro benzene ring substituents is 1. The van der Waals surface area contributed by atoms with Crippen LogP contribution in [0.3, 0.4) is 0 Å². The van der Waals surface area contributed by atoms with Crippen molar-refractivity contribution in [3.63, 3.8) is 0 Å². The summed E-state index contributed by atoms with van der Waals surface area (Å²) in [4.78, 5) is 36.5. The summed E-state index contributed by atoms with van der Waals surface area (Å²) in [5.74, 6) is -0.722. The number of carbonyl (C=O) groups is 2. The van der Waals surface area contributed by atoms with E-state index in [-0.39, 0.29) is 23.1 Å². The van der Waals surface area contributed by atoms with Crippen molar-refractivity contribution in [2.75, 3.05) is 46.5 Å². The van der Waals surface area contributed by atoms with Gasteiger partial charge in [-0.3, -0.25) is 19.8 Å². The van der Waals surface area contributed by atoms with Gasteiger partial charge >= 0.3 is 11.7 Å². The molecule has 160 valence electrons. The van der Waals surface area contributed by atoms with Gasteiger partial charge in [0.1, 0.15) is 0 Å². The molecule has 1 aliphatic heterocycles. The minimum absolute atomic E-state index is 0.0920. The molecule has 0 bridgehead atoms. The van der Waals surface area contributed by atoms with E-state index in [1.54, 1.807) is 0 Å². The second kappa shape index (κ2) is 10.7. The molecule has 1 unspecified atom stereocenters. The van der Waals surface area contributed by atoms with Crippen molar-refractivity contribution in [3.8, 4) is 5.75 Å². The number of nitro groups is 1. The Labute approximate surface area is 169 Å². The highest BCUT2D eigenvalue weighted by molar-refractivity contribution is 5.90. The van der Waals surface area contributed by atoms with Crippen LogP contribution in [0.2, 0.25) is 0 Å². The van der Waals surface area contributed by atoms with Crippen LogP contribution in [0, 0.1) is 16.0 Å². The summed E-state index contributed by atoms with van der Waals surface area (Å²) >= 11 is 0. The Morgan fingerprint density at radius 3 is 2.83 bits per heavy atom. The molecule has 1 saturated heterocycles. The third-order valence-electron chi connectivity index (χ3n) is 4.31. The van der Waals surface area contributed by atoms with Gasteiger partial charge in [-0.2, -0.15) is 0 Å². The largest absolute Gasteiger partial charge is 0.477 e. The van der Waals surface area contributed by atoms with Crippen LogP contribution in [0.1, 0.15) is 24.2 Å². The number of amides is 1. The van der Waals surface area contributed by atoms with Gasteiger partial charge in [-0.25, -0.2) is 4.79 Å². The predicted molar refractivity (Wildman–Crippen MR) is 104 cm³/mol. The third-order valence-corrected chi connectivity index (χ3v) is 4.31. The molecule has 1 heterocycles. The monoisotopic (exact) mass is 409 g/mol. The number of carbonyl (C=O) groups excluding carboxylic acids is 2. The number of ether oxygens (including phenoxy) is 3. The van der Waals surface area contributed by atoms with Gasteiger partial charge in [0.2, 0.25) is 0 Å². The quantitative estimate of drug-likeness (QED) is 0.367. The highest BCUT2D eigenvalue weighted by atomic mass is 16.6. The summed E-state index contributed by atoms with van der Waals surface area (Å²) in [6.07, 6.45) is -0.122. The van der Waals surface area contributed by atoms with Crippen molar-refractivity contribution < 1.29 is 28.7 Å². The first-order valence-corrected chi connectivity index (χ1v) is 9.40. The minimum Gasteiger partial charge on any atom is -0.477 e. The fourth-order valence-electron chi connectivity index (χ4n) is 3.03. The third kappa shape index (κ3) is 6.99. The molecule has 1 aliphatic rings. The van der Waals surface area contributed by atoms with Crippen LogP contribution in [-0.2, 0) is 14.3 Å². The highest BCUT2D eigenvalue weighted by Gasteiger charge is 2.22. The van der Waals surface area contributed by atoms with Crippen molar-refractivity contribution in [2.24, 2.45) is 5.92 Å². The Bertz CT molecular complexity index is 739. The number of hydrogen-bond acceptors (Lipinski definition) is 8. The molecule has 1 N–H and O–H groups in total. The first-order valence-electron chi connectivity index (χ1n) is 9.40. The fraction of sp³-hybridized carbons (Fsp3) is 0.579. The van der Waals surface area contributed by atoms with E-state index >= 15 is 0 Å². The normalized spacial score (nSPS) is 17.0. The summed E-state index contributed by atoms with van der Waals surface area (Å²) in [6.45, 7) is 7.37. The number of rotatable bonds is 9. The number of hydrogen-bond donors (Lipinski definition) is 1. The maximum atomic E-state index is 12.1. The molecule has 1 aromatic carbocycles. The molecule has 2 rings (SSSR count). The van der Waals surface area contributed by atoms with Crippen molar-refractivity contribution in [3.05, 3.63) is 33.9 Å². The molecule has 10 nitrogen and oxygen atoms in total. The zero-order chi connectivity index (χ0) is 21.4. The van der Waals surface area contributed by atoms with Gasteiger partial charge in [-0.1, -0.05) is 13.8 Å². The zero-order valence-electron chi connectivity index (χ0n) is 16.9. The molecule has 0 aromatic heterocycles. The second-order valence-corrected chi connectivity index (χ2v) is 7.17. The molecular weight excluding hydrogens is 382 g/mol. The van der Waals surface area contributed by atoms with E-state index in [1.807, 2.05) is 0 Å². The molecule has 0 saturated carbocycles. The second-order valence-electron chi connectivity index (χ2n) is 7.17. The lowest BCUT2D eigenvalue weighted by Crippen LogP contribution is -2.48. The Morgan fingerprint density at radius 1 is 1.41 bits per heavy atom. The lowest BCUT2D eigenvalue weighted by Gasteiger charge is -2.33. The van der Waals surface area contributed by atoms with Crippen molar-refractivity contribution >= 4 is 17.6 Å². The summed E-state index contributed by atoms with van der Waals surface area (Å²) in [6, 6.07) is 3.59. The zero-order valence-corrected chi connectivity index (χ0v) is 16.9. The van der Waals surface area contributed by atoms with Crippen molar-refractivity contribution in [2.45, 2.75) is 20.0 Å². The predicted octanol–water partition coefficient (Wildman–Crippen LogP) is 1.23. The van der Waals surface area contributed by atoms with E-state index in [9.17, 15) is 19.7 Å². The molecule has 1 amide bonds. The topological polar surface area (TPSA) is 120 Å². The van der Waals surface area contributed by atoms with Gasteiger partial charge in [0.15, 0.2) is 12.4 Å². The summed E-state index contributed by atoms with van der Waals surface area (Å²) in [7, 11) is 1.20. The average Bonchev–Trinajstić information content (AvgIpc) is 2.69. The number of esters is 1. The number of methoxy groups -OCH3 is 1. The number of benzene rings is 1. The first kappa shape index (κ1) is 22.6. The minimum atomic E-state index is -0.658. The van der Waals surface area contributed by atoms with Gasteiger partial charge in [-0.05, 0) is 12.0 Å². The smallest absolute Gasteiger partial charge is 0.337 e. The molecule has 10 heteroatoms. The SMILES string of the molecule is COC(=O)c1ccc([N+](=O)[O-])c(OCC(=O)NCC2CN(CC(C)C)CCO2)c1. The van der Waals surface area contributed by atoms with E-state index in [0.717, 1.165) is 25.7 Å². The Hall–Kier alpha value is -2.72. The molecule has 0 radical (unpaired) electrons. The Morgan fingerprint density at radius 2 is 2.17 bits per heavy atom. The number of nitrogens with one attached hydrogen (secondary N) is 1. The molecule has 0 spiro atoms. The lowest BCUT2D eigenvalue weighted by atomic mass is 10.2. The lowest BCUT2D eigenvalue weighted by molar-refractivity contribution is -0.385. The maximum absolute atomic E-state index is 12.1. The van der Waals surface area contributed by atoms with E-state index in [1.165, 1.54) is 19.2 Å². The standard InChI is InChI=1S/C19H27N3O7/c1-13(2)10-21-6-7-28-15(11-21)9-20-18(23)12-29-17-8-14(19(24)27-3)4-5-16(17)22(25)26/h4-5,8,13,15H,6-7,9-12H2,1-3H3,(H,20,23). The molecule has 1 aromatic rings. The molecule has 1 fully saturated rings. The maximum Gasteiger partial charge on any atom is 0.337 e. The van der Waals surface area contributed by atoms with E-state index in [0.29, 0.717) is 19.1 Å². The Balaban J connectivity index is 1.88. The fourth-order valence-corrected chi connectivity index (χ4v) is 3.03. The molecule has 0 aliphatic carbocycles. The Kier molecular flexibility index (Phi) is 8.34. The van der Waals surface area contributed by atoms with E-state index < -0.39 is 23.4 Å². The van der Waals surface area contributed by atoms with Crippen LogP contribution in [0.4, 0.5) is 5.69 Å². The summed E-state index contributed by atoms with van der Waals surface area (Å²) in [5.41, 5.74) is -0.250. The number of morpholine rings is 1. The molecular formula is C19H27N3O7. The van der Waals surface area contributed by atoms with Gasteiger partial charge in [0.05, 0.1) is 30.3 Å².